The number of aromatic hydroxyl groups is 1. The highest BCUT2D eigenvalue weighted by atomic mass is 79.9. The molecule has 234 valence electrons. The fraction of sp³-hybridized carbons (Fsp3) is 0.444. The Kier molecular flexibility index (Phi) is 9.54. The molecule has 1 fully saturated rings. The molecular formula is C27H31Br2N3O11. The molecule has 1 aromatic carbocycles. The van der Waals surface area contributed by atoms with Gasteiger partial charge in [-0.1, -0.05) is 28.9 Å². The average molecular weight is 733 g/mol. The number of nitrogens with one attached hydrogen (secondary N) is 1. The summed E-state index contributed by atoms with van der Waals surface area (Å²) < 4.78 is 0. The van der Waals surface area contributed by atoms with E-state index >= 15 is 0 Å². The van der Waals surface area contributed by atoms with Crippen molar-refractivity contribution in [3.63, 3.8) is 0 Å². The van der Waals surface area contributed by atoms with Crippen LogP contribution in [0.3, 0.4) is 0 Å². The first-order valence-corrected chi connectivity index (χ1v) is 13.7. The molecule has 14 nitrogen and oxygen atoms in total. The first-order valence-electron chi connectivity index (χ1n) is 12.8. The molecule has 1 saturated carbocycles. The molecule has 0 bridgehead atoms. The van der Waals surface area contributed by atoms with Crippen LogP contribution in [0, 0.1) is 11.8 Å². The Bertz CT molecular complexity index is 1490. The molecule has 1 aromatic rings. The number of rotatable bonds is 7. The van der Waals surface area contributed by atoms with Crippen molar-refractivity contribution in [3.8, 4) is 5.75 Å². The predicted octanol–water partition coefficient (Wildman–Crippen LogP) is 0.640. The van der Waals surface area contributed by atoms with Gasteiger partial charge >= 0.3 is 5.97 Å². The van der Waals surface area contributed by atoms with Crippen molar-refractivity contribution >= 4 is 73.7 Å². The van der Waals surface area contributed by atoms with E-state index in [9.17, 15) is 49.5 Å². The third-order valence-electron chi connectivity index (χ3n) is 8.28. The van der Waals surface area contributed by atoms with Crippen LogP contribution in [0.15, 0.2) is 29.0 Å². The maximum Gasteiger partial charge on any atom is 0.303 e. The number of fused-ring (bicyclic) bond motifs is 3. The van der Waals surface area contributed by atoms with Gasteiger partial charge in [0.25, 0.3) is 5.91 Å². The van der Waals surface area contributed by atoms with Gasteiger partial charge in [0.2, 0.25) is 11.7 Å². The first-order chi connectivity index (χ1) is 19.5. The molecule has 16 heteroatoms. The molecule has 0 aromatic heterocycles. The van der Waals surface area contributed by atoms with Gasteiger partial charge < -0.3 is 41.7 Å². The molecule has 2 amide bonds. The molecule has 9 N–H and O–H groups in total. The standard InChI is InChI=1S/C27H30BrN3O11.BrH/c1-8-9-4-6-11(30-26(41)10(28)5-7-12(32)33)19(34)14(9)20(35)15-13(8)21(36)17-18(31(2)3)22(37)16(25(29)40)24(39)27(17,42)23(15)38;/h4,6,8,10,13,17-18,21,34-36,39,42H,5,7H2,1-3H3,(H2,29,40)(H,30,41)(H,32,33);1H/t8?,10?,13?,17?,18-,21?,27-;/m0./s1. The van der Waals surface area contributed by atoms with Gasteiger partial charge in [-0.3, -0.25) is 28.9 Å². The van der Waals surface area contributed by atoms with Crippen LogP contribution in [-0.4, -0.2) is 102 Å². The smallest absolute Gasteiger partial charge is 0.303 e. The molecule has 4 rings (SSSR count). The van der Waals surface area contributed by atoms with Crippen LogP contribution >= 0.6 is 32.9 Å². The summed E-state index contributed by atoms with van der Waals surface area (Å²) >= 11 is 3.08. The number of alkyl halides is 1. The van der Waals surface area contributed by atoms with E-state index in [1.807, 2.05) is 0 Å². The van der Waals surface area contributed by atoms with E-state index in [-0.39, 0.29) is 46.6 Å². The monoisotopic (exact) mass is 731 g/mol. The van der Waals surface area contributed by atoms with Crippen molar-refractivity contribution in [2.45, 2.75) is 48.3 Å². The summed E-state index contributed by atoms with van der Waals surface area (Å²) in [5.74, 6) is -12.1. The molecule has 5 unspecified atom stereocenters. The number of anilines is 1. The zero-order valence-corrected chi connectivity index (χ0v) is 26.4. The third kappa shape index (κ3) is 5.14. The van der Waals surface area contributed by atoms with Crippen LogP contribution in [-0.2, 0) is 24.0 Å². The number of benzene rings is 1. The number of carboxylic acids is 1. The summed E-state index contributed by atoms with van der Waals surface area (Å²) in [4.78, 5) is 63.1. The number of halogens is 2. The van der Waals surface area contributed by atoms with E-state index in [0.717, 1.165) is 0 Å². The van der Waals surface area contributed by atoms with Crippen LogP contribution in [0.5, 0.6) is 5.75 Å². The van der Waals surface area contributed by atoms with Crippen LogP contribution < -0.4 is 11.1 Å². The summed E-state index contributed by atoms with van der Waals surface area (Å²) in [7, 11) is 2.83. The average Bonchev–Trinajstić information content (AvgIpc) is 2.90. The van der Waals surface area contributed by atoms with E-state index < -0.39 is 98.1 Å². The summed E-state index contributed by atoms with van der Waals surface area (Å²) in [5.41, 5.74) is 0.457. The van der Waals surface area contributed by atoms with E-state index in [1.165, 1.54) is 31.1 Å². The second-order valence-electron chi connectivity index (χ2n) is 10.9. The molecule has 3 aliphatic carbocycles. The SMILES string of the molecule is Br.CC1c2ccc(NC(=O)C(Br)CCC(=O)O)c(O)c2C(O)=C2C(=O)[C@]3(O)C(O)=C(C(N)=O)C(=O)[C@@H](N(C)C)C3C(O)C21. The number of hydrogen-bond donors (Lipinski definition) is 8. The minimum absolute atomic E-state index is 0. The molecule has 0 radical (unpaired) electrons. The number of carbonyl (C=O) groups excluding carboxylic acids is 4. The highest BCUT2D eigenvalue weighted by Crippen LogP contribution is 2.56. The van der Waals surface area contributed by atoms with Crippen molar-refractivity contribution < 1.29 is 54.6 Å². The van der Waals surface area contributed by atoms with Crippen molar-refractivity contribution in [2.75, 3.05) is 19.4 Å². The number of nitrogens with zero attached hydrogens (tertiary/aromatic N) is 1. The van der Waals surface area contributed by atoms with Gasteiger partial charge in [0.15, 0.2) is 11.4 Å². The highest BCUT2D eigenvalue weighted by molar-refractivity contribution is 9.10. The van der Waals surface area contributed by atoms with Gasteiger partial charge in [-0.25, -0.2) is 0 Å². The summed E-state index contributed by atoms with van der Waals surface area (Å²) in [6.45, 7) is 1.58. The van der Waals surface area contributed by atoms with Crippen molar-refractivity contribution in [1.29, 1.82) is 0 Å². The topological polar surface area (TPSA) is 248 Å². The van der Waals surface area contributed by atoms with Gasteiger partial charge in [0.05, 0.1) is 34.1 Å². The number of aliphatic carboxylic acids is 1. The van der Waals surface area contributed by atoms with Crippen molar-refractivity contribution in [2.24, 2.45) is 17.6 Å². The Morgan fingerprint density at radius 3 is 2.30 bits per heavy atom. The highest BCUT2D eigenvalue weighted by Gasteiger charge is 2.68. The van der Waals surface area contributed by atoms with Crippen LogP contribution in [0.2, 0.25) is 0 Å². The Hall–Kier alpha value is -3.31. The Balaban J connectivity index is 0.00000506. The maximum atomic E-state index is 14.0. The number of nitrogens with two attached hydrogens (primary N) is 1. The molecule has 7 atom stereocenters. The third-order valence-corrected chi connectivity index (χ3v) is 9.16. The van der Waals surface area contributed by atoms with Gasteiger partial charge in [0, 0.05) is 17.9 Å². The number of primary amides is 1. The minimum atomic E-state index is -3.04. The zero-order chi connectivity index (χ0) is 31.6. The fourth-order valence-corrected chi connectivity index (χ4v) is 6.65. The zero-order valence-electron chi connectivity index (χ0n) is 23.1. The van der Waals surface area contributed by atoms with Crippen molar-refractivity contribution in [3.05, 3.63) is 40.2 Å². The number of carbonyl (C=O) groups is 5. The Morgan fingerprint density at radius 2 is 1.77 bits per heavy atom. The minimum Gasteiger partial charge on any atom is -0.508 e. The molecule has 0 aliphatic heterocycles. The largest absolute Gasteiger partial charge is 0.508 e. The van der Waals surface area contributed by atoms with Crippen LogP contribution in [0.4, 0.5) is 5.69 Å². The summed E-state index contributed by atoms with van der Waals surface area (Å²) in [6.07, 6.45) is -2.10. The Morgan fingerprint density at radius 1 is 1.16 bits per heavy atom. The van der Waals surface area contributed by atoms with Crippen molar-refractivity contribution in [1.82, 2.24) is 4.90 Å². The fourth-order valence-electron chi connectivity index (χ4n) is 6.31. The number of carboxylic acid groups (broad SMARTS) is 1. The van der Waals surface area contributed by atoms with E-state index in [0.29, 0.717) is 0 Å². The lowest BCUT2D eigenvalue weighted by Crippen LogP contribution is -2.70. The quantitative estimate of drug-likeness (QED) is 0.109. The Labute approximate surface area is 263 Å². The number of Topliss-reactive ketones (excluding diaryl/α,β-unsaturated/α-hetero) is 2. The normalized spacial score (nSPS) is 28.9. The molecule has 0 saturated heterocycles. The molecule has 43 heavy (non-hydrogen) atoms. The summed E-state index contributed by atoms with van der Waals surface area (Å²) in [5, 5.41) is 68.0. The van der Waals surface area contributed by atoms with Crippen LogP contribution in [0.25, 0.3) is 5.76 Å². The lowest BCUT2D eigenvalue weighted by Gasteiger charge is -2.53. The number of aliphatic hydroxyl groups is 4. The number of hydrogen-bond acceptors (Lipinski definition) is 11. The number of likely N-dealkylation sites (N-methyl/N-ethyl adjacent to an activating group) is 1. The van der Waals surface area contributed by atoms with Gasteiger partial charge in [-0.2, -0.15) is 0 Å². The molecule has 3 aliphatic rings. The van der Waals surface area contributed by atoms with Crippen LogP contribution in [0.1, 0.15) is 36.8 Å². The number of phenolic OH excluding ortho intramolecular Hbond substituents is 1. The number of aliphatic hydroxyl groups excluding tert-OH is 3. The lowest BCUT2D eigenvalue weighted by molar-refractivity contribution is -0.169. The second kappa shape index (κ2) is 12.0. The number of phenols is 1. The number of ketones is 2. The number of amides is 2. The molecular weight excluding hydrogens is 702 g/mol. The lowest BCUT2D eigenvalue weighted by atomic mass is 9.54. The molecule has 0 heterocycles. The van der Waals surface area contributed by atoms with Gasteiger partial charge in [-0.05, 0) is 38.1 Å². The van der Waals surface area contributed by atoms with E-state index in [1.54, 1.807) is 6.92 Å². The van der Waals surface area contributed by atoms with E-state index in [2.05, 4.69) is 21.2 Å². The van der Waals surface area contributed by atoms with Gasteiger partial charge in [0.1, 0.15) is 22.8 Å². The van der Waals surface area contributed by atoms with E-state index in [4.69, 9.17) is 10.8 Å². The first kappa shape index (κ1) is 34.2. The van der Waals surface area contributed by atoms with Gasteiger partial charge in [-0.15, -0.1) is 17.0 Å². The summed E-state index contributed by atoms with van der Waals surface area (Å²) in [6, 6.07) is 1.30. The predicted molar refractivity (Wildman–Crippen MR) is 159 cm³/mol. The maximum absolute atomic E-state index is 14.0. The second-order valence-corrected chi connectivity index (χ2v) is 12.0. The molecule has 0 spiro atoms.